The number of halogens is 1. The molecule has 3 heteroatoms. The normalized spacial score (nSPS) is 12.7. The lowest BCUT2D eigenvalue weighted by Gasteiger charge is -2.27. The van der Waals surface area contributed by atoms with Crippen molar-refractivity contribution in [3.63, 3.8) is 0 Å². The third kappa shape index (κ3) is 5.45. The molecule has 1 rings (SSSR count). The summed E-state index contributed by atoms with van der Waals surface area (Å²) in [6.07, 6.45) is 3.39. The molecule has 1 atom stereocenters. The molecule has 0 bridgehead atoms. The van der Waals surface area contributed by atoms with Gasteiger partial charge in [0.15, 0.2) is 5.78 Å². The van der Waals surface area contributed by atoms with Gasteiger partial charge >= 0.3 is 0 Å². The maximum absolute atomic E-state index is 12.3. The van der Waals surface area contributed by atoms with E-state index in [1.807, 2.05) is 24.3 Å². The fraction of sp³-hybridized carbons (Fsp3) is 0.562. The topological polar surface area (TPSA) is 20.3 Å². The van der Waals surface area contributed by atoms with E-state index in [1.54, 1.807) is 0 Å². The highest BCUT2D eigenvalue weighted by molar-refractivity contribution is 9.10. The summed E-state index contributed by atoms with van der Waals surface area (Å²) in [7, 11) is 0. The van der Waals surface area contributed by atoms with Gasteiger partial charge in [0.1, 0.15) is 0 Å². The van der Waals surface area contributed by atoms with E-state index in [4.69, 9.17) is 0 Å². The maximum atomic E-state index is 12.3. The first kappa shape index (κ1) is 16.4. The number of rotatable bonds is 8. The highest BCUT2D eigenvalue weighted by atomic mass is 79.9. The van der Waals surface area contributed by atoms with E-state index in [1.165, 1.54) is 0 Å². The van der Waals surface area contributed by atoms with Crippen LogP contribution in [0.2, 0.25) is 0 Å². The Kier molecular flexibility index (Phi) is 7.32. The Morgan fingerprint density at radius 1 is 1.37 bits per heavy atom. The Hall–Kier alpha value is -0.670. The largest absolute Gasteiger partial charge is 0.293 e. The summed E-state index contributed by atoms with van der Waals surface area (Å²) in [5.41, 5.74) is 0.791. The van der Waals surface area contributed by atoms with Crippen molar-refractivity contribution < 1.29 is 4.79 Å². The SMILES string of the molecule is CCCCN(CC(=O)c1cccc(Br)c1)C(C)CC. The van der Waals surface area contributed by atoms with E-state index in [9.17, 15) is 4.79 Å². The first-order valence-electron chi connectivity index (χ1n) is 7.11. The number of carbonyl (C=O) groups is 1. The van der Waals surface area contributed by atoms with Crippen LogP contribution in [-0.4, -0.2) is 29.8 Å². The van der Waals surface area contributed by atoms with Gasteiger partial charge in [0, 0.05) is 16.1 Å². The van der Waals surface area contributed by atoms with Crippen LogP contribution < -0.4 is 0 Å². The fourth-order valence-electron chi connectivity index (χ4n) is 2.01. The molecule has 0 radical (unpaired) electrons. The molecule has 2 nitrogen and oxygen atoms in total. The minimum absolute atomic E-state index is 0.206. The molecule has 1 aromatic carbocycles. The molecule has 1 aromatic rings. The molecular formula is C16H24BrNO. The van der Waals surface area contributed by atoms with Crippen LogP contribution in [-0.2, 0) is 0 Å². The summed E-state index contributed by atoms with van der Waals surface area (Å²) >= 11 is 3.42. The Morgan fingerprint density at radius 3 is 2.68 bits per heavy atom. The summed E-state index contributed by atoms with van der Waals surface area (Å²) in [5, 5.41) is 0. The van der Waals surface area contributed by atoms with Crippen LogP contribution in [0.15, 0.2) is 28.7 Å². The molecule has 0 saturated carbocycles. The number of ketones is 1. The third-order valence-corrected chi connectivity index (χ3v) is 4.00. The van der Waals surface area contributed by atoms with Gasteiger partial charge in [-0.05, 0) is 38.4 Å². The van der Waals surface area contributed by atoms with Crippen molar-refractivity contribution in [2.75, 3.05) is 13.1 Å². The number of unbranched alkanes of at least 4 members (excludes halogenated alkanes) is 1. The van der Waals surface area contributed by atoms with E-state index in [0.29, 0.717) is 12.6 Å². The molecule has 0 spiro atoms. The van der Waals surface area contributed by atoms with Gasteiger partial charge in [0.25, 0.3) is 0 Å². The zero-order valence-corrected chi connectivity index (χ0v) is 13.7. The van der Waals surface area contributed by atoms with Crippen molar-refractivity contribution in [3.8, 4) is 0 Å². The van der Waals surface area contributed by atoms with Gasteiger partial charge in [0.2, 0.25) is 0 Å². The lowest BCUT2D eigenvalue weighted by Crippen LogP contribution is -2.37. The van der Waals surface area contributed by atoms with Crippen molar-refractivity contribution >= 4 is 21.7 Å². The number of hydrogen-bond acceptors (Lipinski definition) is 2. The van der Waals surface area contributed by atoms with Crippen molar-refractivity contribution in [2.24, 2.45) is 0 Å². The Balaban J connectivity index is 2.69. The molecule has 0 aliphatic heterocycles. The fourth-order valence-corrected chi connectivity index (χ4v) is 2.41. The van der Waals surface area contributed by atoms with E-state index in [2.05, 4.69) is 41.6 Å². The van der Waals surface area contributed by atoms with Crippen LogP contribution in [0.25, 0.3) is 0 Å². The third-order valence-electron chi connectivity index (χ3n) is 3.51. The lowest BCUT2D eigenvalue weighted by molar-refractivity contribution is 0.0894. The van der Waals surface area contributed by atoms with Gasteiger partial charge in [0.05, 0.1) is 6.54 Å². The molecule has 0 N–H and O–H groups in total. The predicted molar refractivity (Wildman–Crippen MR) is 84.7 cm³/mol. The molecule has 0 saturated heterocycles. The lowest BCUT2D eigenvalue weighted by atomic mass is 10.1. The maximum Gasteiger partial charge on any atom is 0.176 e. The number of carbonyl (C=O) groups excluding carboxylic acids is 1. The first-order chi connectivity index (χ1) is 9.08. The monoisotopic (exact) mass is 325 g/mol. The molecule has 0 aromatic heterocycles. The van der Waals surface area contributed by atoms with Crippen LogP contribution in [0.3, 0.4) is 0 Å². The standard InChI is InChI=1S/C16H24BrNO/c1-4-6-10-18(13(3)5-2)12-16(19)14-8-7-9-15(17)11-14/h7-9,11,13H,4-6,10,12H2,1-3H3. The van der Waals surface area contributed by atoms with Gasteiger partial charge < -0.3 is 0 Å². The van der Waals surface area contributed by atoms with Crippen molar-refractivity contribution in [2.45, 2.75) is 46.1 Å². The predicted octanol–water partition coefficient (Wildman–Crippen LogP) is 4.53. The highest BCUT2D eigenvalue weighted by Crippen LogP contribution is 2.14. The van der Waals surface area contributed by atoms with Gasteiger partial charge in [-0.3, -0.25) is 9.69 Å². The smallest absolute Gasteiger partial charge is 0.176 e. The number of hydrogen-bond donors (Lipinski definition) is 0. The molecule has 0 fully saturated rings. The summed E-state index contributed by atoms with van der Waals surface area (Å²) in [6.45, 7) is 8.08. The van der Waals surface area contributed by atoms with Crippen molar-refractivity contribution in [3.05, 3.63) is 34.3 Å². The zero-order valence-electron chi connectivity index (χ0n) is 12.2. The molecule has 0 heterocycles. The summed E-state index contributed by atoms with van der Waals surface area (Å²) in [4.78, 5) is 14.6. The summed E-state index contributed by atoms with van der Waals surface area (Å²) in [6, 6.07) is 8.11. The number of Topliss-reactive ketones (excluding diaryl/α,β-unsaturated/α-hetero) is 1. The van der Waals surface area contributed by atoms with Crippen LogP contribution in [0.1, 0.15) is 50.4 Å². The molecule has 0 amide bonds. The molecule has 0 aliphatic rings. The second kappa shape index (κ2) is 8.49. The van der Waals surface area contributed by atoms with E-state index in [-0.39, 0.29) is 5.78 Å². The Labute approximate surface area is 125 Å². The van der Waals surface area contributed by atoms with Crippen molar-refractivity contribution in [1.29, 1.82) is 0 Å². The minimum atomic E-state index is 0.206. The van der Waals surface area contributed by atoms with E-state index in [0.717, 1.165) is 35.8 Å². The van der Waals surface area contributed by atoms with Crippen LogP contribution >= 0.6 is 15.9 Å². The average Bonchev–Trinajstić information content (AvgIpc) is 2.42. The van der Waals surface area contributed by atoms with Crippen LogP contribution in [0.4, 0.5) is 0 Å². The van der Waals surface area contributed by atoms with E-state index >= 15 is 0 Å². The molecule has 106 valence electrons. The second-order valence-electron chi connectivity index (χ2n) is 5.01. The Morgan fingerprint density at radius 2 is 2.11 bits per heavy atom. The number of nitrogens with zero attached hydrogens (tertiary/aromatic N) is 1. The number of benzene rings is 1. The highest BCUT2D eigenvalue weighted by Gasteiger charge is 2.16. The first-order valence-corrected chi connectivity index (χ1v) is 7.90. The molecule has 0 aliphatic carbocycles. The minimum Gasteiger partial charge on any atom is -0.293 e. The molecular weight excluding hydrogens is 302 g/mol. The quantitative estimate of drug-likeness (QED) is 0.654. The Bertz CT molecular complexity index is 405. The molecule has 19 heavy (non-hydrogen) atoms. The second-order valence-corrected chi connectivity index (χ2v) is 5.93. The van der Waals surface area contributed by atoms with Crippen LogP contribution in [0.5, 0.6) is 0 Å². The summed E-state index contributed by atoms with van der Waals surface area (Å²) < 4.78 is 0.960. The average molecular weight is 326 g/mol. The summed E-state index contributed by atoms with van der Waals surface area (Å²) in [5.74, 6) is 0.206. The van der Waals surface area contributed by atoms with Gasteiger partial charge in [-0.2, -0.15) is 0 Å². The van der Waals surface area contributed by atoms with E-state index < -0.39 is 0 Å². The zero-order chi connectivity index (χ0) is 14.3. The van der Waals surface area contributed by atoms with Gasteiger partial charge in [-0.15, -0.1) is 0 Å². The van der Waals surface area contributed by atoms with Gasteiger partial charge in [-0.25, -0.2) is 0 Å². The van der Waals surface area contributed by atoms with Crippen LogP contribution in [0, 0.1) is 0 Å². The molecule has 1 unspecified atom stereocenters. The van der Waals surface area contributed by atoms with Gasteiger partial charge in [-0.1, -0.05) is 48.3 Å². The van der Waals surface area contributed by atoms with Crippen molar-refractivity contribution in [1.82, 2.24) is 4.90 Å².